The summed E-state index contributed by atoms with van der Waals surface area (Å²) in [6.07, 6.45) is 0.534. The van der Waals surface area contributed by atoms with Gasteiger partial charge in [0.2, 0.25) is 0 Å². The van der Waals surface area contributed by atoms with Crippen LogP contribution in [0, 0.1) is 5.82 Å². The Labute approximate surface area is 178 Å². The van der Waals surface area contributed by atoms with Crippen LogP contribution in [-0.4, -0.2) is 26.4 Å². The van der Waals surface area contributed by atoms with Crippen LogP contribution in [0.4, 0.5) is 4.39 Å². The molecule has 1 aromatic heterocycles. The van der Waals surface area contributed by atoms with Crippen LogP contribution >= 0.6 is 23.4 Å². The molecule has 0 aliphatic heterocycles. The fraction of sp³-hybridized carbons (Fsp3) is 0.190. The zero-order valence-electron chi connectivity index (χ0n) is 15.8. The minimum Gasteiger partial charge on any atom is -0.342 e. The highest BCUT2D eigenvalue weighted by Crippen LogP contribution is 2.24. The molecule has 0 radical (unpaired) electrons. The van der Waals surface area contributed by atoms with Gasteiger partial charge >= 0.3 is 0 Å². The van der Waals surface area contributed by atoms with Gasteiger partial charge in [0.05, 0.1) is 6.04 Å². The van der Waals surface area contributed by atoms with E-state index in [0.29, 0.717) is 33.8 Å². The fourth-order valence-corrected chi connectivity index (χ4v) is 3.63. The van der Waals surface area contributed by atoms with Gasteiger partial charge in [0.15, 0.2) is 11.0 Å². The maximum absolute atomic E-state index is 13.2. The van der Waals surface area contributed by atoms with Gasteiger partial charge in [0, 0.05) is 23.4 Å². The summed E-state index contributed by atoms with van der Waals surface area (Å²) in [4.78, 5) is 12.7. The molecule has 0 bridgehead atoms. The highest BCUT2D eigenvalue weighted by molar-refractivity contribution is 7.99. The number of nitrogens with one attached hydrogen (secondary N) is 1. The van der Waals surface area contributed by atoms with Crippen molar-refractivity contribution < 1.29 is 9.18 Å². The maximum atomic E-state index is 13.2. The molecule has 2 aromatic carbocycles. The van der Waals surface area contributed by atoms with Gasteiger partial charge in [-0.05, 0) is 36.2 Å². The molecule has 0 saturated carbocycles. The Morgan fingerprint density at radius 2 is 1.90 bits per heavy atom. The summed E-state index contributed by atoms with van der Waals surface area (Å²) in [6.45, 7) is 3.68. The number of halogens is 2. The predicted molar refractivity (Wildman–Crippen MR) is 113 cm³/mol. The van der Waals surface area contributed by atoms with E-state index in [0.717, 1.165) is 5.56 Å². The molecule has 0 aliphatic carbocycles. The Morgan fingerprint density at radius 1 is 1.21 bits per heavy atom. The first-order chi connectivity index (χ1) is 13.9. The normalized spacial score (nSPS) is 11.8. The quantitative estimate of drug-likeness (QED) is 0.534. The van der Waals surface area contributed by atoms with Gasteiger partial charge in [0.25, 0.3) is 5.91 Å². The number of benzene rings is 2. The number of thioether (sulfide) groups is 1. The third-order valence-corrected chi connectivity index (χ3v) is 5.63. The van der Waals surface area contributed by atoms with Crippen molar-refractivity contribution in [2.24, 2.45) is 7.05 Å². The molecule has 29 heavy (non-hydrogen) atoms. The van der Waals surface area contributed by atoms with E-state index in [9.17, 15) is 9.18 Å². The second-order valence-corrected chi connectivity index (χ2v) is 7.91. The summed E-state index contributed by atoms with van der Waals surface area (Å²) in [5.41, 5.74) is 1.42. The molecule has 150 valence electrons. The SMILES string of the molecule is C=C(Cl)CSc1nnc(C(Cc2ccccc2)NC(=O)c2ccc(F)cc2)n1C. The van der Waals surface area contributed by atoms with E-state index in [4.69, 9.17) is 11.6 Å². The van der Waals surface area contributed by atoms with Gasteiger partial charge in [-0.3, -0.25) is 4.79 Å². The summed E-state index contributed by atoms with van der Waals surface area (Å²) in [5, 5.41) is 12.7. The number of aromatic nitrogens is 3. The lowest BCUT2D eigenvalue weighted by Crippen LogP contribution is -2.31. The van der Waals surface area contributed by atoms with Crippen molar-refractivity contribution in [1.29, 1.82) is 0 Å². The number of carbonyl (C=O) groups is 1. The molecular weight excluding hydrogens is 411 g/mol. The predicted octanol–water partition coefficient (Wildman–Crippen LogP) is 4.51. The second-order valence-electron chi connectivity index (χ2n) is 6.43. The summed E-state index contributed by atoms with van der Waals surface area (Å²) in [6, 6.07) is 14.8. The highest BCUT2D eigenvalue weighted by atomic mass is 35.5. The highest BCUT2D eigenvalue weighted by Gasteiger charge is 2.23. The molecule has 8 heteroatoms. The number of rotatable bonds is 8. The lowest BCUT2D eigenvalue weighted by atomic mass is 10.0. The number of hydrogen-bond acceptors (Lipinski definition) is 4. The number of nitrogens with zero attached hydrogens (tertiary/aromatic N) is 3. The van der Waals surface area contributed by atoms with Crippen LogP contribution in [0.1, 0.15) is 27.8 Å². The molecule has 5 nitrogen and oxygen atoms in total. The van der Waals surface area contributed by atoms with Crippen molar-refractivity contribution in [1.82, 2.24) is 20.1 Å². The van der Waals surface area contributed by atoms with E-state index in [-0.39, 0.29) is 5.91 Å². The van der Waals surface area contributed by atoms with Gasteiger partial charge in [-0.15, -0.1) is 10.2 Å². The third kappa shape index (κ3) is 5.68. The minimum absolute atomic E-state index is 0.308. The monoisotopic (exact) mass is 430 g/mol. The van der Waals surface area contributed by atoms with Crippen molar-refractivity contribution in [3.8, 4) is 0 Å². The van der Waals surface area contributed by atoms with Crippen molar-refractivity contribution in [3.05, 3.63) is 89.0 Å². The van der Waals surface area contributed by atoms with Crippen LogP contribution < -0.4 is 5.32 Å². The topological polar surface area (TPSA) is 59.8 Å². The molecule has 0 spiro atoms. The Hall–Kier alpha value is -2.64. The zero-order valence-corrected chi connectivity index (χ0v) is 17.4. The lowest BCUT2D eigenvalue weighted by molar-refractivity contribution is 0.0934. The summed E-state index contributed by atoms with van der Waals surface area (Å²) in [7, 11) is 1.84. The molecule has 3 aromatic rings. The van der Waals surface area contributed by atoms with Crippen molar-refractivity contribution in [2.75, 3.05) is 5.75 Å². The summed E-state index contributed by atoms with van der Waals surface area (Å²) < 4.78 is 15.0. The molecular formula is C21H20ClFN4OS. The Balaban J connectivity index is 1.86. The first-order valence-electron chi connectivity index (χ1n) is 8.89. The average molecular weight is 431 g/mol. The maximum Gasteiger partial charge on any atom is 0.251 e. The zero-order chi connectivity index (χ0) is 20.8. The Bertz CT molecular complexity index is 992. The van der Waals surface area contributed by atoms with Crippen LogP contribution in [-0.2, 0) is 13.5 Å². The summed E-state index contributed by atoms with van der Waals surface area (Å²) >= 11 is 7.27. The van der Waals surface area contributed by atoms with Crippen molar-refractivity contribution >= 4 is 29.3 Å². The van der Waals surface area contributed by atoms with E-state index < -0.39 is 11.9 Å². The molecule has 0 aliphatic rings. The first kappa shape index (κ1) is 21.1. The smallest absolute Gasteiger partial charge is 0.251 e. The fourth-order valence-electron chi connectivity index (χ4n) is 2.80. The summed E-state index contributed by atoms with van der Waals surface area (Å²) in [5.74, 6) is 0.432. The first-order valence-corrected chi connectivity index (χ1v) is 10.3. The largest absolute Gasteiger partial charge is 0.342 e. The van der Waals surface area contributed by atoms with Crippen LogP contribution in [0.5, 0.6) is 0 Å². The molecule has 0 fully saturated rings. The molecule has 1 amide bonds. The molecule has 1 N–H and O–H groups in total. The molecule has 1 unspecified atom stereocenters. The number of hydrogen-bond donors (Lipinski definition) is 1. The minimum atomic E-state index is -0.416. The van der Waals surface area contributed by atoms with E-state index >= 15 is 0 Å². The van der Waals surface area contributed by atoms with Crippen LogP contribution in [0.25, 0.3) is 0 Å². The van der Waals surface area contributed by atoms with Gasteiger partial charge in [-0.2, -0.15) is 0 Å². The van der Waals surface area contributed by atoms with E-state index in [1.807, 2.05) is 41.9 Å². The average Bonchev–Trinajstić information content (AvgIpc) is 3.07. The van der Waals surface area contributed by atoms with Gasteiger partial charge in [-0.25, -0.2) is 4.39 Å². The van der Waals surface area contributed by atoms with Crippen molar-refractivity contribution in [2.45, 2.75) is 17.6 Å². The molecule has 3 rings (SSSR count). The number of carbonyl (C=O) groups excluding carboxylic acids is 1. The molecule has 1 atom stereocenters. The van der Waals surface area contributed by atoms with Gasteiger partial charge < -0.3 is 9.88 Å². The Kier molecular flexibility index (Phi) is 7.06. The standard InChI is InChI=1S/C21H20ClFN4OS/c1-14(22)13-29-21-26-25-19(27(21)2)18(12-15-6-4-3-5-7-15)24-20(28)16-8-10-17(23)11-9-16/h3-11,18H,1,12-13H2,2H3,(H,24,28). The van der Waals surface area contributed by atoms with Crippen molar-refractivity contribution in [3.63, 3.8) is 0 Å². The molecule has 1 heterocycles. The van der Waals surface area contributed by atoms with Crippen LogP contribution in [0.2, 0.25) is 0 Å². The van der Waals surface area contributed by atoms with Crippen LogP contribution in [0.3, 0.4) is 0 Å². The van der Waals surface area contributed by atoms with Gasteiger partial charge in [-0.1, -0.05) is 60.3 Å². The third-order valence-electron chi connectivity index (χ3n) is 4.23. The van der Waals surface area contributed by atoms with E-state index in [2.05, 4.69) is 22.1 Å². The second kappa shape index (κ2) is 9.71. The van der Waals surface area contributed by atoms with Crippen LogP contribution in [0.15, 0.2) is 71.4 Å². The van der Waals surface area contributed by atoms with E-state index in [1.165, 1.54) is 36.0 Å². The number of amides is 1. The van der Waals surface area contributed by atoms with E-state index in [1.54, 1.807) is 0 Å². The lowest BCUT2D eigenvalue weighted by Gasteiger charge is -2.18. The molecule has 0 saturated heterocycles. The Morgan fingerprint density at radius 3 is 2.55 bits per heavy atom. The van der Waals surface area contributed by atoms with Gasteiger partial charge in [0.1, 0.15) is 5.82 Å².